The number of ether oxygens (including phenoxy) is 1. The first-order valence-corrected chi connectivity index (χ1v) is 7.50. The Morgan fingerprint density at radius 2 is 2.00 bits per heavy atom. The summed E-state index contributed by atoms with van der Waals surface area (Å²) in [6, 6.07) is 5.10. The fraction of sp³-hybridized carbons (Fsp3) is 0.600. The van der Waals surface area contributed by atoms with E-state index in [-0.39, 0.29) is 5.69 Å². The Hall–Kier alpha value is -1.82. The zero-order valence-corrected chi connectivity index (χ0v) is 12.5. The molecule has 1 saturated heterocycles. The number of nitro groups is 1. The fourth-order valence-corrected chi connectivity index (χ4v) is 2.73. The third-order valence-corrected chi connectivity index (χ3v) is 3.84. The molecule has 6 heteroatoms. The molecule has 0 radical (unpaired) electrons. The number of nitro benzene ring substituents is 1. The van der Waals surface area contributed by atoms with E-state index in [4.69, 9.17) is 4.74 Å². The van der Waals surface area contributed by atoms with Gasteiger partial charge in [0.05, 0.1) is 12.0 Å². The molecule has 0 spiro atoms. The van der Waals surface area contributed by atoms with E-state index >= 15 is 0 Å². The molecule has 21 heavy (non-hydrogen) atoms. The topological polar surface area (TPSA) is 67.6 Å². The minimum atomic E-state index is -0.396. The largest absolute Gasteiger partial charge is 0.490 e. The predicted molar refractivity (Wildman–Crippen MR) is 83.0 cm³/mol. The summed E-state index contributed by atoms with van der Waals surface area (Å²) in [6.07, 6.45) is 5.12. The van der Waals surface area contributed by atoms with Crippen LogP contribution in [0.25, 0.3) is 0 Å². The molecule has 0 aromatic heterocycles. The summed E-state index contributed by atoms with van der Waals surface area (Å²) in [7, 11) is 1.45. The van der Waals surface area contributed by atoms with Gasteiger partial charge in [-0.05, 0) is 38.1 Å². The zero-order valence-electron chi connectivity index (χ0n) is 12.5. The molecule has 0 unspecified atom stereocenters. The van der Waals surface area contributed by atoms with Crippen LogP contribution in [0, 0.1) is 10.1 Å². The summed E-state index contributed by atoms with van der Waals surface area (Å²) < 4.78 is 5.07. The molecule has 1 aliphatic heterocycles. The van der Waals surface area contributed by atoms with E-state index in [1.807, 2.05) is 0 Å². The minimum Gasteiger partial charge on any atom is -0.490 e. The van der Waals surface area contributed by atoms with Crippen LogP contribution in [0.2, 0.25) is 0 Å². The quantitative estimate of drug-likeness (QED) is 0.645. The van der Waals surface area contributed by atoms with Crippen molar-refractivity contribution in [2.24, 2.45) is 0 Å². The lowest BCUT2D eigenvalue weighted by atomic mass is 10.2. The molecule has 1 aromatic carbocycles. The molecular weight excluding hydrogens is 270 g/mol. The van der Waals surface area contributed by atoms with Gasteiger partial charge < -0.3 is 15.0 Å². The Labute approximate surface area is 125 Å². The SMILES string of the molecule is COc1cccc(NCCN2CCCCCC2)c1[N+](=O)[O-]. The first-order valence-electron chi connectivity index (χ1n) is 7.50. The average Bonchev–Trinajstić information content (AvgIpc) is 2.75. The lowest BCUT2D eigenvalue weighted by Crippen LogP contribution is -2.30. The van der Waals surface area contributed by atoms with E-state index in [1.54, 1.807) is 18.2 Å². The predicted octanol–water partition coefficient (Wildman–Crippen LogP) is 2.89. The van der Waals surface area contributed by atoms with Gasteiger partial charge in [-0.15, -0.1) is 0 Å². The summed E-state index contributed by atoms with van der Waals surface area (Å²) in [6.45, 7) is 3.87. The zero-order chi connectivity index (χ0) is 15.1. The van der Waals surface area contributed by atoms with E-state index < -0.39 is 4.92 Å². The van der Waals surface area contributed by atoms with Crippen LogP contribution in [0.15, 0.2) is 18.2 Å². The molecule has 0 amide bonds. The highest BCUT2D eigenvalue weighted by atomic mass is 16.6. The Morgan fingerprint density at radius 1 is 1.29 bits per heavy atom. The first-order chi connectivity index (χ1) is 10.2. The number of benzene rings is 1. The third-order valence-electron chi connectivity index (χ3n) is 3.84. The van der Waals surface area contributed by atoms with Gasteiger partial charge in [0.2, 0.25) is 0 Å². The maximum atomic E-state index is 11.2. The van der Waals surface area contributed by atoms with Crippen LogP contribution in [0.1, 0.15) is 25.7 Å². The van der Waals surface area contributed by atoms with E-state index in [1.165, 1.54) is 32.8 Å². The van der Waals surface area contributed by atoms with E-state index in [0.29, 0.717) is 18.0 Å². The van der Waals surface area contributed by atoms with Crippen molar-refractivity contribution in [3.63, 3.8) is 0 Å². The standard InChI is InChI=1S/C15H23N3O3/c1-21-14-8-6-7-13(15(14)18(19)20)16-9-12-17-10-4-2-3-5-11-17/h6-8,16H,2-5,9-12H2,1H3. The molecule has 0 bridgehead atoms. The van der Waals surface area contributed by atoms with Crippen molar-refractivity contribution in [3.8, 4) is 5.75 Å². The molecule has 2 rings (SSSR count). The number of nitrogens with zero attached hydrogens (tertiary/aromatic N) is 2. The monoisotopic (exact) mass is 293 g/mol. The molecule has 0 aliphatic carbocycles. The number of para-hydroxylation sites is 1. The fourth-order valence-electron chi connectivity index (χ4n) is 2.73. The molecule has 1 heterocycles. The molecule has 1 N–H and O–H groups in total. The highest BCUT2D eigenvalue weighted by Crippen LogP contribution is 2.34. The molecule has 1 aromatic rings. The number of methoxy groups -OCH3 is 1. The highest BCUT2D eigenvalue weighted by Gasteiger charge is 2.20. The minimum absolute atomic E-state index is 0.0101. The third kappa shape index (κ3) is 4.32. The van der Waals surface area contributed by atoms with Gasteiger partial charge in [0.15, 0.2) is 5.75 Å². The van der Waals surface area contributed by atoms with Gasteiger partial charge in [-0.2, -0.15) is 0 Å². The molecule has 6 nitrogen and oxygen atoms in total. The lowest BCUT2D eigenvalue weighted by molar-refractivity contribution is -0.384. The lowest BCUT2D eigenvalue weighted by Gasteiger charge is -2.20. The van der Waals surface area contributed by atoms with Crippen LogP contribution in [0.3, 0.4) is 0 Å². The number of likely N-dealkylation sites (tertiary alicyclic amines) is 1. The second kappa shape index (κ2) is 7.83. The van der Waals surface area contributed by atoms with Crippen LogP contribution in [-0.2, 0) is 0 Å². The number of rotatable bonds is 6. The summed E-state index contributed by atoms with van der Waals surface area (Å²) in [5.41, 5.74) is 0.532. The van der Waals surface area contributed by atoms with Crippen molar-refractivity contribution in [3.05, 3.63) is 28.3 Å². The number of anilines is 1. The second-order valence-electron chi connectivity index (χ2n) is 5.30. The number of nitrogens with one attached hydrogen (secondary N) is 1. The summed E-state index contributed by atoms with van der Waals surface area (Å²) in [5.74, 6) is 0.291. The van der Waals surface area contributed by atoms with Crippen molar-refractivity contribution in [1.82, 2.24) is 4.90 Å². The average molecular weight is 293 g/mol. The smallest absolute Gasteiger partial charge is 0.333 e. The molecule has 0 saturated carbocycles. The Morgan fingerprint density at radius 3 is 2.62 bits per heavy atom. The number of hydrogen-bond acceptors (Lipinski definition) is 5. The summed E-state index contributed by atoms with van der Waals surface area (Å²) in [4.78, 5) is 13.2. The van der Waals surface area contributed by atoms with Crippen molar-refractivity contribution < 1.29 is 9.66 Å². The summed E-state index contributed by atoms with van der Waals surface area (Å²) >= 11 is 0. The van der Waals surface area contributed by atoms with Gasteiger partial charge in [-0.3, -0.25) is 10.1 Å². The van der Waals surface area contributed by atoms with Crippen molar-refractivity contribution in [1.29, 1.82) is 0 Å². The molecule has 116 valence electrons. The van der Waals surface area contributed by atoms with Crippen LogP contribution < -0.4 is 10.1 Å². The van der Waals surface area contributed by atoms with E-state index in [2.05, 4.69) is 10.2 Å². The van der Waals surface area contributed by atoms with Crippen LogP contribution in [-0.4, -0.2) is 43.1 Å². The molecule has 1 fully saturated rings. The van der Waals surface area contributed by atoms with E-state index in [9.17, 15) is 10.1 Å². The van der Waals surface area contributed by atoms with Gasteiger partial charge in [0.25, 0.3) is 0 Å². The Kier molecular flexibility index (Phi) is 5.80. The maximum absolute atomic E-state index is 11.2. The highest BCUT2D eigenvalue weighted by molar-refractivity contribution is 5.68. The summed E-state index contributed by atoms with van der Waals surface area (Å²) in [5, 5.41) is 14.4. The van der Waals surface area contributed by atoms with Gasteiger partial charge >= 0.3 is 5.69 Å². The normalized spacial score (nSPS) is 16.2. The molecular formula is C15H23N3O3. The second-order valence-corrected chi connectivity index (χ2v) is 5.30. The van der Waals surface area contributed by atoms with Crippen molar-refractivity contribution in [2.45, 2.75) is 25.7 Å². The number of hydrogen-bond donors (Lipinski definition) is 1. The van der Waals surface area contributed by atoms with Gasteiger partial charge in [0, 0.05) is 13.1 Å². The van der Waals surface area contributed by atoms with Gasteiger partial charge in [0.1, 0.15) is 5.69 Å². The molecule has 1 aliphatic rings. The first kappa shape index (κ1) is 15.6. The molecule has 0 atom stereocenters. The Bertz CT molecular complexity index is 471. The van der Waals surface area contributed by atoms with E-state index in [0.717, 1.165) is 19.6 Å². The van der Waals surface area contributed by atoms with Gasteiger partial charge in [-0.25, -0.2) is 0 Å². The van der Waals surface area contributed by atoms with Crippen LogP contribution >= 0.6 is 0 Å². The Balaban J connectivity index is 1.94. The van der Waals surface area contributed by atoms with Crippen molar-refractivity contribution in [2.75, 3.05) is 38.6 Å². The maximum Gasteiger partial charge on any atom is 0.333 e. The van der Waals surface area contributed by atoms with Crippen LogP contribution in [0.4, 0.5) is 11.4 Å². The van der Waals surface area contributed by atoms with Crippen molar-refractivity contribution >= 4 is 11.4 Å². The van der Waals surface area contributed by atoms with Crippen LogP contribution in [0.5, 0.6) is 5.75 Å². The van der Waals surface area contributed by atoms with Gasteiger partial charge in [-0.1, -0.05) is 18.9 Å².